The minimum Gasteiger partial charge on any atom is -0.462 e. The molecular weight excluding hydrogens is 282 g/mol. The fraction of sp³-hybridized carbons (Fsp3) is 0.529. The highest BCUT2D eigenvalue weighted by Gasteiger charge is 2.16. The van der Waals surface area contributed by atoms with E-state index in [1.165, 1.54) is 0 Å². The van der Waals surface area contributed by atoms with Gasteiger partial charge in [-0.15, -0.1) is 0 Å². The van der Waals surface area contributed by atoms with Gasteiger partial charge in [-0.25, -0.2) is 0 Å². The van der Waals surface area contributed by atoms with Crippen LogP contribution in [0.1, 0.15) is 38.2 Å². The number of hydrogen-bond donors (Lipinski definition) is 2. The lowest BCUT2D eigenvalue weighted by Crippen LogP contribution is -2.30. The summed E-state index contributed by atoms with van der Waals surface area (Å²) < 4.78 is 5.35. The topological polar surface area (TPSA) is 75.6 Å². The predicted molar refractivity (Wildman–Crippen MR) is 84.3 cm³/mol. The van der Waals surface area contributed by atoms with Gasteiger partial charge >= 0.3 is 5.97 Å². The Hall–Kier alpha value is -1.88. The van der Waals surface area contributed by atoms with E-state index in [9.17, 15) is 9.59 Å². The van der Waals surface area contributed by atoms with E-state index in [0.29, 0.717) is 32.2 Å². The molecule has 2 N–H and O–H groups in total. The van der Waals surface area contributed by atoms with Crippen molar-refractivity contribution in [1.29, 1.82) is 0 Å². The molecule has 1 amide bonds. The largest absolute Gasteiger partial charge is 0.462 e. The normalized spacial score (nSPS) is 11.7. The minimum absolute atomic E-state index is 0.0476. The van der Waals surface area contributed by atoms with Gasteiger partial charge in [-0.2, -0.15) is 0 Å². The molecule has 0 fully saturated rings. The number of hydrogen-bond acceptors (Lipinski definition) is 4. The molecule has 0 aliphatic carbocycles. The number of aliphatic hydroxyl groups excluding tert-OH is 1. The molecule has 0 heterocycles. The highest BCUT2D eigenvalue weighted by molar-refractivity contribution is 5.77. The molecule has 0 aromatic heterocycles. The molecule has 0 aliphatic heterocycles. The van der Waals surface area contributed by atoms with Crippen molar-refractivity contribution >= 4 is 11.9 Å². The number of rotatable bonds is 10. The number of carbonyl (C=O) groups excluding carboxylic acids is 2. The van der Waals surface area contributed by atoms with Crippen molar-refractivity contribution in [2.24, 2.45) is 0 Å². The summed E-state index contributed by atoms with van der Waals surface area (Å²) in [5.74, 6) is -0.435. The van der Waals surface area contributed by atoms with Crippen LogP contribution in [0.5, 0.6) is 0 Å². The van der Waals surface area contributed by atoms with Gasteiger partial charge in [0.15, 0.2) is 0 Å². The molecule has 1 unspecified atom stereocenters. The molecule has 0 saturated carbocycles. The number of benzene rings is 1. The summed E-state index contributed by atoms with van der Waals surface area (Å²) in [7, 11) is 0. The van der Waals surface area contributed by atoms with Crippen molar-refractivity contribution in [2.45, 2.75) is 45.1 Å². The molecule has 0 spiro atoms. The quantitative estimate of drug-likeness (QED) is 0.511. The highest BCUT2D eigenvalue weighted by atomic mass is 16.5. The number of aliphatic hydroxyl groups is 1. The summed E-state index contributed by atoms with van der Waals surface area (Å²) in [6.07, 6.45) is 1.85. The number of esters is 1. The lowest BCUT2D eigenvalue weighted by Gasteiger charge is -2.16. The third-order valence-corrected chi connectivity index (χ3v) is 3.28. The van der Waals surface area contributed by atoms with Gasteiger partial charge in [0, 0.05) is 19.6 Å². The lowest BCUT2D eigenvalue weighted by molar-refractivity contribution is -0.150. The van der Waals surface area contributed by atoms with Gasteiger partial charge in [0.25, 0.3) is 0 Å². The van der Waals surface area contributed by atoms with Crippen molar-refractivity contribution < 1.29 is 19.4 Å². The number of amides is 1. The third kappa shape index (κ3) is 7.78. The fourth-order valence-corrected chi connectivity index (χ4v) is 1.99. The minimum atomic E-state index is -0.391. The van der Waals surface area contributed by atoms with Crippen LogP contribution in [0, 0.1) is 0 Å². The van der Waals surface area contributed by atoms with E-state index in [1.54, 1.807) is 0 Å². The Bertz CT molecular complexity index is 447. The highest BCUT2D eigenvalue weighted by Crippen LogP contribution is 2.08. The van der Waals surface area contributed by atoms with Crippen molar-refractivity contribution in [3.8, 4) is 0 Å². The number of ether oxygens (including phenoxy) is 1. The maximum atomic E-state index is 11.8. The summed E-state index contributed by atoms with van der Waals surface area (Å²) in [6, 6.07) is 9.75. The molecule has 0 aliphatic rings. The summed E-state index contributed by atoms with van der Waals surface area (Å²) >= 11 is 0. The molecule has 22 heavy (non-hydrogen) atoms. The summed E-state index contributed by atoms with van der Waals surface area (Å²) in [5.41, 5.74) is 1.09. The average Bonchev–Trinajstić information content (AvgIpc) is 2.53. The zero-order valence-corrected chi connectivity index (χ0v) is 13.1. The second-order valence-electron chi connectivity index (χ2n) is 5.14. The second kappa shape index (κ2) is 10.8. The fourth-order valence-electron chi connectivity index (χ4n) is 1.99. The molecule has 5 nitrogen and oxygen atoms in total. The molecule has 1 aromatic carbocycles. The van der Waals surface area contributed by atoms with Gasteiger partial charge in [0.1, 0.15) is 6.10 Å². The second-order valence-corrected chi connectivity index (χ2v) is 5.14. The van der Waals surface area contributed by atoms with E-state index in [0.717, 1.165) is 5.56 Å². The molecule has 1 rings (SSSR count). The maximum absolute atomic E-state index is 11.8. The van der Waals surface area contributed by atoms with Crippen LogP contribution < -0.4 is 5.32 Å². The van der Waals surface area contributed by atoms with Gasteiger partial charge in [-0.3, -0.25) is 9.59 Å². The van der Waals surface area contributed by atoms with Crippen LogP contribution in [0.3, 0.4) is 0 Å². The van der Waals surface area contributed by atoms with Crippen molar-refractivity contribution in [3.05, 3.63) is 35.9 Å². The van der Waals surface area contributed by atoms with E-state index in [4.69, 9.17) is 9.84 Å². The van der Waals surface area contributed by atoms with Gasteiger partial charge < -0.3 is 15.2 Å². The van der Waals surface area contributed by atoms with E-state index >= 15 is 0 Å². The number of carbonyl (C=O) groups is 2. The molecule has 0 saturated heterocycles. The zero-order chi connectivity index (χ0) is 16.2. The molecule has 5 heteroatoms. The Kier molecular flexibility index (Phi) is 8.91. The average molecular weight is 307 g/mol. The molecule has 1 atom stereocenters. The van der Waals surface area contributed by atoms with Crippen LogP contribution in [0.4, 0.5) is 0 Å². The summed E-state index contributed by atoms with van der Waals surface area (Å²) in [6.45, 7) is 2.37. The van der Waals surface area contributed by atoms with Crippen molar-refractivity contribution in [3.63, 3.8) is 0 Å². The Labute approximate surface area is 131 Å². The van der Waals surface area contributed by atoms with Crippen molar-refractivity contribution in [2.75, 3.05) is 13.2 Å². The summed E-state index contributed by atoms with van der Waals surface area (Å²) in [5, 5.41) is 11.3. The third-order valence-electron chi connectivity index (χ3n) is 3.28. The molecule has 1 aromatic rings. The molecular formula is C17H25NO4. The van der Waals surface area contributed by atoms with Crippen LogP contribution in [0.15, 0.2) is 30.3 Å². The van der Waals surface area contributed by atoms with Gasteiger partial charge in [0.2, 0.25) is 5.91 Å². The standard InChI is InChI=1S/C17H25NO4/c1-2-15(13-16(20)18-11-6-12-19)22-17(21)10-9-14-7-4-3-5-8-14/h3-5,7-8,15,19H,2,6,9-13H2,1H3,(H,18,20). The van der Waals surface area contributed by atoms with E-state index in [1.807, 2.05) is 37.3 Å². The zero-order valence-electron chi connectivity index (χ0n) is 13.1. The van der Waals surface area contributed by atoms with Crippen LogP contribution in [0.2, 0.25) is 0 Å². The van der Waals surface area contributed by atoms with Crippen LogP contribution >= 0.6 is 0 Å². The first-order chi connectivity index (χ1) is 10.7. The SMILES string of the molecule is CCC(CC(=O)NCCCO)OC(=O)CCc1ccccc1. The number of aryl methyl sites for hydroxylation is 1. The monoisotopic (exact) mass is 307 g/mol. The Balaban J connectivity index is 2.29. The Morgan fingerprint density at radius 3 is 2.64 bits per heavy atom. The summed E-state index contributed by atoms with van der Waals surface area (Å²) in [4.78, 5) is 23.5. The van der Waals surface area contributed by atoms with Gasteiger partial charge in [0.05, 0.1) is 6.42 Å². The first-order valence-corrected chi connectivity index (χ1v) is 7.76. The maximum Gasteiger partial charge on any atom is 0.306 e. The van der Waals surface area contributed by atoms with E-state index < -0.39 is 6.10 Å². The Morgan fingerprint density at radius 2 is 2.00 bits per heavy atom. The van der Waals surface area contributed by atoms with Crippen LogP contribution in [-0.2, 0) is 20.7 Å². The van der Waals surface area contributed by atoms with E-state index in [2.05, 4.69) is 5.32 Å². The Morgan fingerprint density at radius 1 is 1.27 bits per heavy atom. The molecule has 122 valence electrons. The molecule has 0 bridgehead atoms. The van der Waals surface area contributed by atoms with Crippen molar-refractivity contribution in [1.82, 2.24) is 5.32 Å². The molecule has 0 radical (unpaired) electrons. The van der Waals surface area contributed by atoms with Crippen LogP contribution in [0.25, 0.3) is 0 Å². The van der Waals surface area contributed by atoms with Gasteiger partial charge in [-0.1, -0.05) is 37.3 Å². The smallest absolute Gasteiger partial charge is 0.306 e. The van der Waals surface area contributed by atoms with Crippen LogP contribution in [-0.4, -0.2) is 36.2 Å². The lowest BCUT2D eigenvalue weighted by atomic mass is 10.1. The van der Waals surface area contributed by atoms with E-state index in [-0.39, 0.29) is 24.9 Å². The van der Waals surface area contributed by atoms with Gasteiger partial charge in [-0.05, 0) is 24.8 Å². The predicted octanol–water partition coefficient (Wildman–Crippen LogP) is 1.83. The first-order valence-electron chi connectivity index (χ1n) is 7.76. The first kappa shape index (κ1) is 18.2. The number of nitrogens with one attached hydrogen (secondary N) is 1.